The van der Waals surface area contributed by atoms with Gasteiger partial charge in [-0.2, -0.15) is 0 Å². The zero-order chi connectivity index (χ0) is 25.8. The molecule has 3 aromatic rings. The van der Waals surface area contributed by atoms with Gasteiger partial charge < -0.3 is 9.88 Å². The Morgan fingerprint density at radius 2 is 2.05 bits per heavy atom. The summed E-state index contributed by atoms with van der Waals surface area (Å²) in [6, 6.07) is 10.3. The van der Waals surface area contributed by atoms with Crippen LogP contribution in [0, 0.1) is 5.41 Å². The summed E-state index contributed by atoms with van der Waals surface area (Å²) >= 11 is 0. The van der Waals surface area contributed by atoms with Crippen LogP contribution in [0.4, 0.5) is 14.5 Å². The summed E-state index contributed by atoms with van der Waals surface area (Å²) in [6.45, 7) is 4.22. The molecule has 2 atom stereocenters. The van der Waals surface area contributed by atoms with Crippen LogP contribution in [0.5, 0.6) is 0 Å². The predicted molar refractivity (Wildman–Crippen MR) is 135 cm³/mol. The molecule has 2 aromatic heterocycles. The number of carbonyl (C=O) groups is 1. The van der Waals surface area contributed by atoms with Gasteiger partial charge in [0.25, 0.3) is 5.91 Å². The van der Waals surface area contributed by atoms with Gasteiger partial charge in [-0.25, -0.2) is 13.8 Å². The van der Waals surface area contributed by atoms with Gasteiger partial charge in [-0.05, 0) is 86.4 Å². The van der Waals surface area contributed by atoms with E-state index in [4.69, 9.17) is 0 Å². The Balaban J connectivity index is 1.20. The fourth-order valence-electron chi connectivity index (χ4n) is 5.42. The number of benzene rings is 1. The third-order valence-corrected chi connectivity index (χ3v) is 8.15. The van der Waals surface area contributed by atoms with E-state index in [-0.39, 0.29) is 17.3 Å². The zero-order valence-corrected chi connectivity index (χ0v) is 21.3. The number of rotatable bonds is 8. The van der Waals surface area contributed by atoms with Crippen LogP contribution < -0.4 is 5.32 Å². The van der Waals surface area contributed by atoms with Crippen LogP contribution in [-0.2, 0) is 19.3 Å². The Hall–Kier alpha value is -3.20. The average Bonchev–Trinajstić information content (AvgIpc) is 3.78. The highest BCUT2D eigenvalue weighted by molar-refractivity contribution is 6.03. The van der Waals surface area contributed by atoms with Gasteiger partial charge in [0.15, 0.2) is 17.7 Å². The number of nitrogens with zero attached hydrogens (tertiary/aromatic N) is 5. The minimum Gasteiger partial charge on any atom is -0.321 e. The molecule has 0 radical (unpaired) electrons. The molecule has 1 spiro atoms. The van der Waals surface area contributed by atoms with E-state index in [1.807, 2.05) is 6.07 Å². The van der Waals surface area contributed by atoms with Crippen LogP contribution in [0.25, 0.3) is 0 Å². The number of hydrogen-bond donors (Lipinski definition) is 1. The van der Waals surface area contributed by atoms with Crippen LogP contribution in [0.2, 0.25) is 0 Å². The van der Waals surface area contributed by atoms with Gasteiger partial charge in [-0.1, -0.05) is 12.1 Å². The van der Waals surface area contributed by atoms with E-state index in [1.165, 1.54) is 49.2 Å². The highest BCUT2D eigenvalue weighted by Crippen LogP contribution is 2.53. The normalized spacial score (nSPS) is 21.1. The van der Waals surface area contributed by atoms with E-state index in [1.54, 1.807) is 19.2 Å². The summed E-state index contributed by atoms with van der Waals surface area (Å²) in [4.78, 5) is 20.4. The third-order valence-electron chi connectivity index (χ3n) is 8.15. The van der Waals surface area contributed by atoms with Crippen molar-refractivity contribution >= 4 is 11.6 Å². The maximum atomic E-state index is 15.7. The second-order valence-electron chi connectivity index (χ2n) is 11.3. The summed E-state index contributed by atoms with van der Waals surface area (Å²) in [6.07, 6.45) is 5.43. The van der Waals surface area contributed by atoms with Gasteiger partial charge in [0.2, 0.25) is 0 Å². The van der Waals surface area contributed by atoms with Crippen molar-refractivity contribution < 1.29 is 13.6 Å². The van der Waals surface area contributed by atoms with E-state index in [0.29, 0.717) is 22.7 Å². The number of carbonyl (C=O) groups excluding carboxylic acids is 1. The predicted octanol–water partition coefficient (Wildman–Crippen LogP) is 5.22. The first kappa shape index (κ1) is 24.2. The summed E-state index contributed by atoms with van der Waals surface area (Å²) in [5, 5.41) is 10.2. The molecule has 9 heteroatoms. The van der Waals surface area contributed by atoms with E-state index in [2.05, 4.69) is 31.5 Å². The van der Waals surface area contributed by atoms with Gasteiger partial charge >= 0.3 is 0 Å². The number of likely N-dealkylation sites (tertiary alicyclic amines) is 1. The van der Waals surface area contributed by atoms with Crippen molar-refractivity contribution in [3.8, 4) is 0 Å². The second-order valence-corrected chi connectivity index (χ2v) is 11.3. The van der Waals surface area contributed by atoms with Crippen molar-refractivity contribution in [1.29, 1.82) is 0 Å². The molecule has 0 bridgehead atoms. The Kier molecular flexibility index (Phi) is 5.86. The van der Waals surface area contributed by atoms with Crippen molar-refractivity contribution in [2.75, 3.05) is 18.4 Å². The summed E-state index contributed by atoms with van der Waals surface area (Å²) < 4.78 is 32.2. The fraction of sp³-hybridized carbons (Fsp3) is 0.500. The molecule has 3 aliphatic rings. The van der Waals surface area contributed by atoms with Crippen LogP contribution in [0.15, 0.2) is 42.7 Å². The number of aromatic nitrogens is 4. The first-order chi connectivity index (χ1) is 17.7. The lowest BCUT2D eigenvalue weighted by Crippen LogP contribution is -2.25. The molecule has 1 amide bonds. The fourth-order valence-corrected chi connectivity index (χ4v) is 5.42. The molecule has 37 heavy (non-hydrogen) atoms. The maximum absolute atomic E-state index is 15.7. The highest BCUT2D eigenvalue weighted by atomic mass is 19.2. The molecule has 1 aliphatic heterocycles. The van der Waals surface area contributed by atoms with Gasteiger partial charge in [0, 0.05) is 37.4 Å². The number of halogens is 2. The zero-order valence-electron chi connectivity index (χ0n) is 21.3. The number of alkyl halides is 2. The minimum absolute atomic E-state index is 0.0985. The lowest BCUT2D eigenvalue weighted by molar-refractivity contribution is 0.0564. The Labute approximate surface area is 215 Å². The van der Waals surface area contributed by atoms with E-state index in [0.717, 1.165) is 43.7 Å². The van der Waals surface area contributed by atoms with Crippen LogP contribution in [0.3, 0.4) is 0 Å². The van der Waals surface area contributed by atoms with Crippen molar-refractivity contribution in [3.63, 3.8) is 0 Å². The molecule has 3 fully saturated rings. The van der Waals surface area contributed by atoms with Crippen molar-refractivity contribution in [1.82, 2.24) is 24.6 Å². The first-order valence-electron chi connectivity index (χ1n) is 13.0. The lowest BCUT2D eigenvalue weighted by Gasteiger charge is -2.25. The number of anilines is 1. The first-order valence-corrected chi connectivity index (χ1v) is 13.0. The van der Waals surface area contributed by atoms with Gasteiger partial charge in [0.1, 0.15) is 12.0 Å². The largest absolute Gasteiger partial charge is 0.321 e. The number of nitrogens with one attached hydrogen (secondary N) is 1. The molecule has 1 aromatic carbocycles. The number of pyridine rings is 1. The highest BCUT2D eigenvalue weighted by Gasteiger charge is 2.47. The van der Waals surface area contributed by atoms with Crippen molar-refractivity contribution in [2.45, 2.75) is 63.3 Å². The summed E-state index contributed by atoms with van der Waals surface area (Å²) in [5.74, 6) is -0.0390. The summed E-state index contributed by atoms with van der Waals surface area (Å²) in [5.41, 5.74) is 1.10. The van der Waals surface area contributed by atoms with E-state index >= 15 is 8.78 Å². The maximum Gasteiger partial charge on any atom is 0.274 e. The number of hydrogen-bond acceptors (Lipinski definition) is 5. The molecule has 1 N–H and O–H groups in total. The second kappa shape index (κ2) is 8.97. The van der Waals surface area contributed by atoms with Crippen LogP contribution in [-0.4, -0.2) is 43.6 Å². The molecule has 194 valence electrons. The Morgan fingerprint density at radius 3 is 2.73 bits per heavy atom. The van der Waals surface area contributed by atoms with Crippen LogP contribution in [0.1, 0.15) is 84.3 Å². The molecule has 1 saturated heterocycles. The molecule has 0 unspecified atom stereocenters. The molecular formula is C28H32F2N6O. The monoisotopic (exact) mass is 506 g/mol. The van der Waals surface area contributed by atoms with Gasteiger partial charge in [-0.3, -0.25) is 9.69 Å². The van der Waals surface area contributed by atoms with E-state index in [9.17, 15) is 4.79 Å². The summed E-state index contributed by atoms with van der Waals surface area (Å²) in [7, 11) is 1.57. The van der Waals surface area contributed by atoms with Crippen molar-refractivity contribution in [3.05, 3.63) is 71.1 Å². The number of amides is 1. The van der Waals surface area contributed by atoms with Gasteiger partial charge in [-0.15, -0.1) is 10.2 Å². The molecule has 2 saturated carbocycles. The molecule has 3 heterocycles. The lowest BCUT2D eigenvalue weighted by atomic mass is 9.92. The van der Waals surface area contributed by atoms with E-state index < -0.39 is 11.8 Å². The molecule has 2 aliphatic carbocycles. The third kappa shape index (κ3) is 4.89. The van der Waals surface area contributed by atoms with Crippen LogP contribution >= 0.6 is 0 Å². The average molecular weight is 507 g/mol. The number of aryl methyl sites for hydroxylation is 1. The molecule has 7 nitrogen and oxygen atoms in total. The SMILES string of the molecule is Cn1cnnc1[C@@H](F)[C@](C)(F)c1cccc(NC(=O)c2cc(CN3CCC4(CC4)C3)cc(C3CC3)n2)c1. The smallest absolute Gasteiger partial charge is 0.274 e. The van der Waals surface area contributed by atoms with Gasteiger partial charge in [0.05, 0.1) is 0 Å². The Bertz CT molecular complexity index is 1330. The quantitative estimate of drug-likeness (QED) is 0.453. The standard InChI is InChI=1S/C28H32F2N6O/c1-27(30,24(29)25-34-31-17-35(25)2)20-4-3-5-21(14-20)32-26(37)23-13-18(12-22(33-23)19-6-7-19)15-36-11-10-28(16-36)8-9-28/h3-5,12-14,17,19,24H,6-11,15-16H2,1-2H3,(H,32,37)/t24-,27-/m1/s1. The topological polar surface area (TPSA) is 75.9 Å². The molecular weight excluding hydrogens is 474 g/mol. The molecule has 6 rings (SSSR count). The van der Waals surface area contributed by atoms with Crippen molar-refractivity contribution in [2.24, 2.45) is 12.5 Å². The Morgan fingerprint density at radius 1 is 1.24 bits per heavy atom. The minimum atomic E-state index is -2.37.